The van der Waals surface area contributed by atoms with Crippen LogP contribution in [0.25, 0.3) is 0 Å². The number of hydrogen-bond donors (Lipinski definition) is 2. The van der Waals surface area contributed by atoms with Crippen molar-refractivity contribution in [3.63, 3.8) is 0 Å². The maximum atomic E-state index is 12.1. The molecule has 154 valence electrons. The van der Waals surface area contributed by atoms with E-state index in [1.807, 2.05) is 43.3 Å². The molecule has 2 aromatic carbocycles. The Morgan fingerprint density at radius 1 is 0.966 bits per heavy atom. The standard InChI is InChI=1S/C23H28N2O4/c1-17(10-11-18-6-3-2-4-7-18)25-23(27)9-5-8-22(26)24-15-19-12-13-20-21(14-19)29-16-28-20/h2-4,6-7,12-14,17H,5,8-11,15-16H2,1H3,(H,24,26)(H,25,27). The third-order valence-electron chi connectivity index (χ3n) is 4.85. The molecule has 0 spiro atoms. The van der Waals surface area contributed by atoms with Crippen LogP contribution in [0.4, 0.5) is 0 Å². The molecule has 2 N–H and O–H groups in total. The number of carbonyl (C=O) groups is 2. The molecular formula is C23H28N2O4. The van der Waals surface area contributed by atoms with E-state index in [0.29, 0.717) is 31.6 Å². The predicted molar refractivity (Wildman–Crippen MR) is 111 cm³/mol. The van der Waals surface area contributed by atoms with Crippen molar-refractivity contribution in [3.05, 3.63) is 59.7 Å². The first-order valence-corrected chi connectivity index (χ1v) is 10.1. The van der Waals surface area contributed by atoms with Crippen LogP contribution in [0.2, 0.25) is 0 Å². The zero-order valence-corrected chi connectivity index (χ0v) is 16.8. The fourth-order valence-electron chi connectivity index (χ4n) is 3.20. The van der Waals surface area contributed by atoms with Crippen molar-refractivity contribution in [2.45, 2.75) is 51.6 Å². The first-order chi connectivity index (χ1) is 14.1. The fourth-order valence-corrected chi connectivity index (χ4v) is 3.20. The lowest BCUT2D eigenvalue weighted by Crippen LogP contribution is -2.33. The van der Waals surface area contributed by atoms with Gasteiger partial charge in [-0.25, -0.2) is 0 Å². The van der Waals surface area contributed by atoms with Gasteiger partial charge in [-0.05, 0) is 49.4 Å². The Hall–Kier alpha value is -3.02. The minimum absolute atomic E-state index is 0.00543. The second-order valence-electron chi connectivity index (χ2n) is 7.31. The van der Waals surface area contributed by atoms with Gasteiger partial charge in [-0.15, -0.1) is 0 Å². The van der Waals surface area contributed by atoms with Crippen LogP contribution in [0.5, 0.6) is 11.5 Å². The highest BCUT2D eigenvalue weighted by atomic mass is 16.7. The summed E-state index contributed by atoms with van der Waals surface area (Å²) in [6.07, 6.45) is 3.05. The molecule has 1 aliphatic rings. The lowest BCUT2D eigenvalue weighted by atomic mass is 10.1. The molecule has 0 saturated heterocycles. The van der Waals surface area contributed by atoms with Gasteiger partial charge in [0.25, 0.3) is 0 Å². The van der Waals surface area contributed by atoms with Crippen molar-refractivity contribution >= 4 is 11.8 Å². The molecule has 29 heavy (non-hydrogen) atoms. The number of benzene rings is 2. The summed E-state index contributed by atoms with van der Waals surface area (Å²) in [4.78, 5) is 24.1. The van der Waals surface area contributed by atoms with Gasteiger partial charge >= 0.3 is 0 Å². The van der Waals surface area contributed by atoms with Crippen LogP contribution in [0.1, 0.15) is 43.7 Å². The zero-order chi connectivity index (χ0) is 20.5. The van der Waals surface area contributed by atoms with Crippen molar-refractivity contribution in [3.8, 4) is 11.5 Å². The van der Waals surface area contributed by atoms with Crippen molar-refractivity contribution in [1.29, 1.82) is 0 Å². The summed E-state index contributed by atoms with van der Waals surface area (Å²) in [5.41, 5.74) is 2.22. The zero-order valence-electron chi connectivity index (χ0n) is 16.8. The van der Waals surface area contributed by atoms with E-state index in [4.69, 9.17) is 9.47 Å². The van der Waals surface area contributed by atoms with E-state index in [-0.39, 0.29) is 24.6 Å². The number of rotatable bonds is 10. The molecule has 6 heteroatoms. The van der Waals surface area contributed by atoms with E-state index in [0.717, 1.165) is 24.2 Å². The first kappa shape index (κ1) is 20.7. The summed E-state index contributed by atoms with van der Waals surface area (Å²) in [6, 6.07) is 16.0. The highest BCUT2D eigenvalue weighted by molar-refractivity contribution is 5.79. The quantitative estimate of drug-likeness (QED) is 0.646. The van der Waals surface area contributed by atoms with E-state index in [1.54, 1.807) is 0 Å². The smallest absolute Gasteiger partial charge is 0.231 e. The topological polar surface area (TPSA) is 76.7 Å². The van der Waals surface area contributed by atoms with Gasteiger partial charge in [0.15, 0.2) is 11.5 Å². The molecule has 1 atom stereocenters. The van der Waals surface area contributed by atoms with E-state index >= 15 is 0 Å². The average Bonchev–Trinajstić information content (AvgIpc) is 3.19. The van der Waals surface area contributed by atoms with E-state index in [2.05, 4.69) is 22.8 Å². The summed E-state index contributed by atoms with van der Waals surface area (Å²) in [5.74, 6) is 1.36. The maximum Gasteiger partial charge on any atom is 0.231 e. The Morgan fingerprint density at radius 3 is 2.55 bits per heavy atom. The summed E-state index contributed by atoms with van der Waals surface area (Å²) in [5, 5.41) is 5.89. The normalized spacial score (nSPS) is 13.0. The molecular weight excluding hydrogens is 368 g/mol. The third-order valence-corrected chi connectivity index (χ3v) is 4.85. The van der Waals surface area contributed by atoms with Crippen molar-refractivity contribution in [1.82, 2.24) is 10.6 Å². The molecule has 2 amide bonds. The number of aryl methyl sites for hydroxylation is 1. The van der Waals surface area contributed by atoms with Gasteiger partial charge in [0.2, 0.25) is 18.6 Å². The maximum absolute atomic E-state index is 12.1. The van der Waals surface area contributed by atoms with E-state index in [1.165, 1.54) is 5.56 Å². The minimum atomic E-state index is -0.0624. The molecule has 1 unspecified atom stereocenters. The second-order valence-corrected chi connectivity index (χ2v) is 7.31. The Labute approximate surface area is 171 Å². The number of nitrogens with one attached hydrogen (secondary N) is 2. The van der Waals surface area contributed by atoms with Gasteiger partial charge in [-0.3, -0.25) is 9.59 Å². The second kappa shape index (κ2) is 10.5. The molecule has 6 nitrogen and oxygen atoms in total. The van der Waals surface area contributed by atoms with Crippen LogP contribution >= 0.6 is 0 Å². The highest BCUT2D eigenvalue weighted by Crippen LogP contribution is 2.32. The molecule has 0 aliphatic carbocycles. The van der Waals surface area contributed by atoms with Gasteiger partial charge in [0.1, 0.15) is 0 Å². The van der Waals surface area contributed by atoms with Gasteiger partial charge in [0, 0.05) is 25.4 Å². The van der Waals surface area contributed by atoms with Gasteiger partial charge < -0.3 is 20.1 Å². The summed E-state index contributed by atoms with van der Waals surface area (Å²) in [6.45, 7) is 2.68. The van der Waals surface area contributed by atoms with Gasteiger partial charge in [-0.2, -0.15) is 0 Å². The molecule has 2 aromatic rings. The van der Waals surface area contributed by atoms with Crippen LogP contribution < -0.4 is 20.1 Å². The molecule has 0 fully saturated rings. The Morgan fingerprint density at radius 2 is 1.72 bits per heavy atom. The third kappa shape index (κ3) is 6.82. The number of hydrogen-bond acceptors (Lipinski definition) is 4. The van der Waals surface area contributed by atoms with Crippen LogP contribution in [-0.2, 0) is 22.6 Å². The van der Waals surface area contributed by atoms with Gasteiger partial charge in [0.05, 0.1) is 0 Å². The van der Waals surface area contributed by atoms with Crippen LogP contribution in [0, 0.1) is 0 Å². The lowest BCUT2D eigenvalue weighted by Gasteiger charge is -2.14. The van der Waals surface area contributed by atoms with Crippen LogP contribution in [-0.4, -0.2) is 24.6 Å². The molecule has 0 bridgehead atoms. The summed E-state index contributed by atoms with van der Waals surface area (Å²) in [7, 11) is 0. The molecule has 3 rings (SSSR count). The minimum Gasteiger partial charge on any atom is -0.454 e. The van der Waals surface area contributed by atoms with Crippen molar-refractivity contribution in [2.24, 2.45) is 0 Å². The van der Waals surface area contributed by atoms with Gasteiger partial charge in [-0.1, -0.05) is 36.4 Å². The Bertz CT molecular complexity index is 823. The number of ether oxygens (including phenoxy) is 2. The summed E-state index contributed by atoms with van der Waals surface area (Å²) >= 11 is 0. The first-order valence-electron chi connectivity index (χ1n) is 10.1. The lowest BCUT2D eigenvalue weighted by molar-refractivity contribution is -0.122. The number of fused-ring (bicyclic) bond motifs is 1. The average molecular weight is 396 g/mol. The molecule has 0 radical (unpaired) electrons. The Kier molecular flexibility index (Phi) is 7.50. The van der Waals surface area contributed by atoms with E-state index < -0.39 is 0 Å². The van der Waals surface area contributed by atoms with Crippen molar-refractivity contribution in [2.75, 3.05) is 6.79 Å². The molecule has 1 aliphatic heterocycles. The highest BCUT2D eigenvalue weighted by Gasteiger charge is 2.13. The van der Waals surface area contributed by atoms with Crippen LogP contribution in [0.15, 0.2) is 48.5 Å². The molecule has 1 heterocycles. The fraction of sp³-hybridized carbons (Fsp3) is 0.391. The SMILES string of the molecule is CC(CCc1ccccc1)NC(=O)CCCC(=O)NCc1ccc2c(c1)OCO2. The number of carbonyl (C=O) groups excluding carboxylic acids is 2. The molecule has 0 aromatic heterocycles. The summed E-state index contributed by atoms with van der Waals surface area (Å²) < 4.78 is 10.6. The Balaban J connectivity index is 1.28. The molecule has 0 saturated carbocycles. The van der Waals surface area contributed by atoms with Crippen molar-refractivity contribution < 1.29 is 19.1 Å². The largest absolute Gasteiger partial charge is 0.454 e. The van der Waals surface area contributed by atoms with E-state index in [9.17, 15) is 9.59 Å². The monoisotopic (exact) mass is 396 g/mol. The van der Waals surface area contributed by atoms with Crippen LogP contribution in [0.3, 0.4) is 0 Å². The number of amides is 2. The predicted octanol–water partition coefficient (Wildman–Crippen LogP) is 3.34.